The molecule has 0 aromatic heterocycles. The maximum atomic E-state index is 2.99. The van der Waals surface area contributed by atoms with Gasteiger partial charge in [0.05, 0.1) is 0 Å². The van der Waals surface area contributed by atoms with E-state index >= 15 is 0 Å². The Morgan fingerprint density at radius 1 is 0.722 bits per heavy atom. The number of halogens is 2. The van der Waals surface area contributed by atoms with Crippen LogP contribution in [-0.2, 0) is 23.3 Å². The number of hydrogen-bond acceptors (Lipinski definition) is 0. The second-order valence-electron chi connectivity index (χ2n) is 2.01. The van der Waals surface area contributed by atoms with Gasteiger partial charge in [0.15, 0.2) is 0 Å². The zero-order valence-electron chi connectivity index (χ0n) is 11.9. The molecule has 0 aliphatic heterocycles. The predicted molar refractivity (Wildman–Crippen MR) is 91.8 cm³/mol. The SMILES string of the molecule is Cl.Cl.[C-]1=CC=CC1.[C-]1=CC=CC1.[CH3-].[CH3-].[CH3-].[CH3-].[SiH2]=[Zr]. The van der Waals surface area contributed by atoms with E-state index in [4.69, 9.17) is 0 Å². The van der Waals surface area contributed by atoms with Crippen molar-refractivity contribution in [2.24, 2.45) is 0 Å². The van der Waals surface area contributed by atoms with Crippen molar-refractivity contribution in [2.75, 3.05) is 0 Å². The first kappa shape index (κ1) is 42.8. The standard InChI is InChI=1S/2C5H5.4CH3.2ClH.H2Si.Zr/c2*1-2-4-5-3-1;;;;;;;;/h2*1-3H,4H2;4*1H3;2*1H;1H2;/q6*-1;;;;. The van der Waals surface area contributed by atoms with Crippen molar-refractivity contribution in [3.63, 3.8) is 0 Å². The Morgan fingerprint density at radius 3 is 1.06 bits per heavy atom. The van der Waals surface area contributed by atoms with E-state index in [-0.39, 0.29) is 54.5 Å². The Morgan fingerprint density at radius 2 is 1.00 bits per heavy atom. The molecule has 0 heterocycles. The van der Waals surface area contributed by atoms with Gasteiger partial charge in [-0.1, -0.05) is 0 Å². The molecule has 0 saturated heterocycles. The van der Waals surface area contributed by atoms with Crippen molar-refractivity contribution >= 4 is 31.7 Å². The molecule has 0 aromatic carbocycles. The van der Waals surface area contributed by atoms with E-state index in [1.54, 1.807) is 23.3 Å². The third kappa shape index (κ3) is 36.0. The van der Waals surface area contributed by atoms with E-state index in [9.17, 15) is 0 Å². The molecule has 0 nitrogen and oxygen atoms in total. The molecule has 4 heteroatoms. The van der Waals surface area contributed by atoms with E-state index in [2.05, 4.69) is 24.3 Å². The van der Waals surface area contributed by atoms with Gasteiger partial charge >= 0.3 is 30.2 Å². The van der Waals surface area contributed by atoms with Crippen molar-refractivity contribution in [2.45, 2.75) is 12.8 Å². The van der Waals surface area contributed by atoms with Crippen LogP contribution in [0.4, 0.5) is 0 Å². The van der Waals surface area contributed by atoms with Crippen LogP contribution in [0.15, 0.2) is 36.5 Å². The molecule has 0 fully saturated rings. The summed E-state index contributed by atoms with van der Waals surface area (Å²) in [5.41, 5.74) is 0. The molecule has 2 aliphatic carbocycles. The quantitative estimate of drug-likeness (QED) is 0.431. The fourth-order valence-electron chi connectivity index (χ4n) is 0.680. The Labute approximate surface area is 145 Å². The van der Waals surface area contributed by atoms with Crippen molar-refractivity contribution < 1.29 is 23.3 Å². The molecule has 0 atom stereocenters. The van der Waals surface area contributed by atoms with Gasteiger partial charge in [-0.3, -0.25) is 12.2 Å². The molecular formula is C14H26Cl2SiZr-6. The molecule has 0 N–H and O–H groups in total. The molecule has 0 saturated carbocycles. The van der Waals surface area contributed by atoms with Gasteiger partial charge < -0.3 is 29.7 Å². The van der Waals surface area contributed by atoms with Gasteiger partial charge in [-0.2, -0.15) is 12.2 Å². The zero-order valence-corrected chi connectivity index (χ0v) is 17.4. The first-order valence-electron chi connectivity index (χ1n) is 3.79. The summed E-state index contributed by atoms with van der Waals surface area (Å²) in [6.45, 7) is 1.95. The van der Waals surface area contributed by atoms with E-state index in [1.165, 1.54) is 0 Å². The average molecular weight is 385 g/mol. The summed E-state index contributed by atoms with van der Waals surface area (Å²) in [4.78, 5) is 0. The fraction of sp³-hybridized carbons (Fsp3) is 0.143. The third-order valence-electron chi connectivity index (χ3n) is 1.17. The van der Waals surface area contributed by atoms with Gasteiger partial charge in [0, 0.05) is 0 Å². The Kier molecular flexibility index (Phi) is 103. The van der Waals surface area contributed by atoms with E-state index in [0.29, 0.717) is 0 Å². The van der Waals surface area contributed by atoms with Crippen LogP contribution in [0.2, 0.25) is 0 Å². The fourth-order valence-corrected chi connectivity index (χ4v) is 0.680. The van der Waals surface area contributed by atoms with Gasteiger partial charge in [-0.05, 0) is 0 Å². The summed E-state index contributed by atoms with van der Waals surface area (Å²) < 4.78 is 0. The molecule has 18 heavy (non-hydrogen) atoms. The molecule has 0 bridgehead atoms. The van der Waals surface area contributed by atoms with Crippen molar-refractivity contribution in [3.05, 3.63) is 78.3 Å². The van der Waals surface area contributed by atoms with Crippen LogP contribution in [0.3, 0.4) is 0 Å². The van der Waals surface area contributed by atoms with E-state index < -0.39 is 0 Å². The van der Waals surface area contributed by atoms with Crippen LogP contribution in [0.25, 0.3) is 0 Å². The van der Waals surface area contributed by atoms with Gasteiger partial charge in [0.2, 0.25) is 0 Å². The van der Waals surface area contributed by atoms with Crippen LogP contribution < -0.4 is 0 Å². The monoisotopic (exact) mass is 382 g/mol. The van der Waals surface area contributed by atoms with Gasteiger partial charge in [0.25, 0.3) is 0 Å². The first-order chi connectivity index (χ1) is 6.00. The Balaban J connectivity index is -0.0000000183. The van der Waals surface area contributed by atoms with Gasteiger partial charge in [-0.25, -0.2) is 24.3 Å². The van der Waals surface area contributed by atoms with E-state index in [1.807, 2.05) is 31.2 Å². The molecule has 2 aliphatic rings. The molecule has 0 unspecified atom stereocenters. The molecule has 0 radical (unpaired) electrons. The van der Waals surface area contributed by atoms with Gasteiger partial charge in [-0.15, -0.1) is 37.7 Å². The topological polar surface area (TPSA) is 0 Å². The summed E-state index contributed by atoms with van der Waals surface area (Å²) in [7, 11) is 0. The summed E-state index contributed by atoms with van der Waals surface area (Å²) in [6.07, 6.45) is 20.0. The van der Waals surface area contributed by atoms with Crippen LogP contribution >= 0.6 is 24.8 Å². The number of allylic oxidation sites excluding steroid dienone is 8. The zero-order chi connectivity index (χ0) is 9.07. The molecule has 0 spiro atoms. The minimum atomic E-state index is 0. The Hall–Kier alpha value is 0.640. The van der Waals surface area contributed by atoms with Crippen LogP contribution in [0.1, 0.15) is 12.8 Å². The van der Waals surface area contributed by atoms with Crippen molar-refractivity contribution in [1.29, 1.82) is 0 Å². The molecule has 2 rings (SSSR count). The van der Waals surface area contributed by atoms with Gasteiger partial charge in [0.1, 0.15) is 0 Å². The normalized spacial score (nSPS) is 9.94. The molecule has 0 aromatic rings. The average Bonchev–Trinajstić information content (AvgIpc) is 2.87. The molecular weight excluding hydrogens is 358 g/mol. The predicted octanol–water partition coefficient (Wildman–Crippen LogP) is 4.34. The number of rotatable bonds is 0. The summed E-state index contributed by atoms with van der Waals surface area (Å²) in [5, 5.41) is 0. The molecule has 0 amide bonds. The van der Waals surface area contributed by atoms with E-state index in [0.717, 1.165) is 12.8 Å². The van der Waals surface area contributed by atoms with Crippen LogP contribution in [0.5, 0.6) is 0 Å². The summed E-state index contributed by atoms with van der Waals surface area (Å²) in [5.74, 6) is 0. The van der Waals surface area contributed by atoms with Crippen LogP contribution in [0, 0.1) is 41.9 Å². The summed E-state index contributed by atoms with van der Waals surface area (Å²) in [6, 6.07) is 0. The minimum absolute atomic E-state index is 0. The first-order valence-corrected chi connectivity index (χ1v) is 9.71. The second kappa shape index (κ2) is 43.1. The van der Waals surface area contributed by atoms with Crippen molar-refractivity contribution in [1.82, 2.24) is 0 Å². The van der Waals surface area contributed by atoms with Crippen molar-refractivity contribution in [3.8, 4) is 0 Å². The number of hydrogen-bond donors (Lipinski definition) is 0. The maximum absolute atomic E-state index is 2.99. The Bertz CT molecular complexity index is 170. The third-order valence-corrected chi connectivity index (χ3v) is 1.17. The van der Waals surface area contributed by atoms with Crippen LogP contribution in [-0.4, -0.2) is 6.88 Å². The summed E-state index contributed by atoms with van der Waals surface area (Å²) >= 11 is 1.58. The second-order valence-corrected chi connectivity index (χ2v) is 2.01. The molecule has 110 valence electrons.